The second kappa shape index (κ2) is 9.73. The number of hydrogen-bond donors (Lipinski definition) is 2. The highest BCUT2D eigenvalue weighted by Gasteiger charge is 2.30. The number of hydrogen-bond acceptors (Lipinski definition) is 5. The number of rotatable bonds is 5. The number of likely N-dealkylation sites (tertiary alicyclic amines) is 1. The number of aromatic nitrogens is 1. The number of aliphatic hydroxyl groups excluding tert-OH is 1. The number of hydroxylamine groups is 2. The van der Waals surface area contributed by atoms with Crippen molar-refractivity contribution in [2.45, 2.75) is 32.3 Å². The van der Waals surface area contributed by atoms with Crippen molar-refractivity contribution in [1.29, 1.82) is 0 Å². The third-order valence-corrected chi connectivity index (χ3v) is 6.05. The Morgan fingerprint density at radius 2 is 1.75 bits per heavy atom. The number of piperidine rings is 1. The van der Waals surface area contributed by atoms with Crippen LogP contribution in [0.1, 0.15) is 37.1 Å². The van der Waals surface area contributed by atoms with E-state index in [1.165, 1.54) is 0 Å². The van der Waals surface area contributed by atoms with Crippen molar-refractivity contribution in [3.8, 4) is 22.6 Å². The van der Waals surface area contributed by atoms with Crippen LogP contribution in [-0.2, 0) is 6.61 Å². The van der Waals surface area contributed by atoms with Gasteiger partial charge in [0.1, 0.15) is 5.69 Å². The van der Waals surface area contributed by atoms with E-state index in [1.54, 1.807) is 11.8 Å². The molecule has 2 aromatic carbocycles. The molecular formula is C24H26ClN3O4. The van der Waals surface area contributed by atoms with Gasteiger partial charge in [-0.1, -0.05) is 48.0 Å². The van der Waals surface area contributed by atoms with Crippen LogP contribution in [-0.4, -0.2) is 50.9 Å². The Hall–Kier alpha value is -2.87. The third kappa shape index (κ3) is 4.65. The molecule has 0 atom stereocenters. The normalized spacial score (nSPS) is 14.6. The molecule has 4 rings (SSSR count). The monoisotopic (exact) mass is 455 g/mol. The smallest absolute Gasteiger partial charge is 0.343 e. The zero-order valence-electron chi connectivity index (χ0n) is 17.9. The molecule has 1 aliphatic heterocycles. The van der Waals surface area contributed by atoms with Crippen molar-refractivity contribution in [3.05, 3.63) is 65.0 Å². The van der Waals surface area contributed by atoms with Gasteiger partial charge in [0, 0.05) is 41.7 Å². The summed E-state index contributed by atoms with van der Waals surface area (Å²) in [5.41, 5.74) is 3.33. The van der Waals surface area contributed by atoms with Crippen LogP contribution < -0.4 is 0 Å². The molecule has 0 aliphatic carbocycles. The summed E-state index contributed by atoms with van der Waals surface area (Å²) in [6, 6.07) is 14.7. The summed E-state index contributed by atoms with van der Waals surface area (Å²) >= 11 is 6.07. The van der Waals surface area contributed by atoms with Gasteiger partial charge in [0.15, 0.2) is 11.7 Å². The van der Waals surface area contributed by atoms with E-state index in [1.807, 2.05) is 48.5 Å². The predicted octanol–water partition coefficient (Wildman–Crippen LogP) is 5.16. The summed E-state index contributed by atoms with van der Waals surface area (Å²) in [5, 5.41) is 20.4. The van der Waals surface area contributed by atoms with E-state index < -0.39 is 0 Å². The van der Waals surface area contributed by atoms with E-state index in [4.69, 9.17) is 21.0 Å². The minimum atomic E-state index is -0.370. The maximum Gasteiger partial charge on any atom is 0.343 e. The zero-order chi connectivity index (χ0) is 22.7. The number of nitrogens with zero attached hydrogens (tertiary/aromatic N) is 3. The van der Waals surface area contributed by atoms with Crippen LogP contribution >= 0.6 is 11.6 Å². The Morgan fingerprint density at radius 3 is 2.34 bits per heavy atom. The lowest BCUT2D eigenvalue weighted by atomic mass is 9.97. The van der Waals surface area contributed by atoms with E-state index in [9.17, 15) is 15.1 Å². The molecule has 0 spiro atoms. The van der Waals surface area contributed by atoms with Gasteiger partial charge in [-0.25, -0.2) is 14.8 Å². The van der Waals surface area contributed by atoms with Gasteiger partial charge >= 0.3 is 6.03 Å². The average molecular weight is 456 g/mol. The van der Waals surface area contributed by atoms with Gasteiger partial charge in [0.05, 0.1) is 6.61 Å². The van der Waals surface area contributed by atoms with Gasteiger partial charge in [-0.05, 0) is 37.5 Å². The third-order valence-electron chi connectivity index (χ3n) is 5.80. The van der Waals surface area contributed by atoms with Crippen LogP contribution in [0, 0.1) is 0 Å². The summed E-state index contributed by atoms with van der Waals surface area (Å²) in [7, 11) is 0. The molecule has 1 aromatic heterocycles. The summed E-state index contributed by atoms with van der Waals surface area (Å²) in [5.74, 6) is 1.38. The number of carbonyl (C=O) groups excluding carboxylic acids is 1. The van der Waals surface area contributed by atoms with E-state index in [2.05, 4.69) is 0 Å². The maximum absolute atomic E-state index is 12.2. The first-order chi connectivity index (χ1) is 15.5. The van der Waals surface area contributed by atoms with Crippen molar-refractivity contribution in [2.75, 3.05) is 19.6 Å². The number of urea groups is 1. The van der Waals surface area contributed by atoms with Gasteiger partial charge in [0.25, 0.3) is 0 Å². The van der Waals surface area contributed by atoms with Gasteiger partial charge in [-0.2, -0.15) is 0 Å². The van der Waals surface area contributed by atoms with Gasteiger partial charge < -0.3 is 14.4 Å². The van der Waals surface area contributed by atoms with Crippen molar-refractivity contribution < 1.29 is 19.5 Å². The second-order valence-corrected chi connectivity index (χ2v) is 8.29. The van der Waals surface area contributed by atoms with Gasteiger partial charge in [-0.15, -0.1) is 0 Å². The molecule has 0 bridgehead atoms. The van der Waals surface area contributed by atoms with Crippen LogP contribution in [0.25, 0.3) is 22.6 Å². The average Bonchev–Trinajstić information content (AvgIpc) is 3.29. The lowest BCUT2D eigenvalue weighted by molar-refractivity contribution is -0.0543. The zero-order valence-corrected chi connectivity index (χ0v) is 18.6. The summed E-state index contributed by atoms with van der Waals surface area (Å²) in [4.78, 5) is 18.7. The minimum absolute atomic E-state index is 0.0213. The first-order valence-corrected chi connectivity index (χ1v) is 11.1. The topological polar surface area (TPSA) is 90.0 Å². The van der Waals surface area contributed by atoms with Crippen molar-refractivity contribution in [3.63, 3.8) is 0 Å². The second-order valence-electron chi connectivity index (χ2n) is 7.85. The Bertz CT molecular complexity index is 1060. The molecule has 2 heterocycles. The fourth-order valence-corrected chi connectivity index (χ4v) is 4.01. The molecular weight excluding hydrogens is 430 g/mol. The molecule has 1 fully saturated rings. The summed E-state index contributed by atoms with van der Waals surface area (Å²) in [6.07, 6.45) is 1.40. The van der Waals surface area contributed by atoms with Crippen LogP contribution in [0.4, 0.5) is 4.79 Å². The van der Waals surface area contributed by atoms with E-state index in [0.717, 1.165) is 27.4 Å². The fraction of sp³-hybridized carbons (Fsp3) is 0.333. The van der Waals surface area contributed by atoms with Crippen LogP contribution in [0.5, 0.6) is 0 Å². The Labute approximate surface area is 191 Å². The molecule has 1 aliphatic rings. The Kier molecular flexibility index (Phi) is 6.79. The molecule has 0 radical (unpaired) electrons. The number of amides is 2. The first kappa shape index (κ1) is 22.3. The first-order valence-electron chi connectivity index (χ1n) is 10.7. The highest BCUT2D eigenvalue weighted by atomic mass is 35.5. The number of oxazole rings is 1. The van der Waals surface area contributed by atoms with E-state index in [-0.39, 0.29) is 25.1 Å². The molecule has 0 saturated carbocycles. The fourth-order valence-electron chi connectivity index (χ4n) is 3.89. The lowest BCUT2D eigenvalue weighted by Crippen LogP contribution is -2.45. The summed E-state index contributed by atoms with van der Waals surface area (Å²) < 4.78 is 6.29. The SMILES string of the molecule is CCN(O)C(=O)N1CCC(c2nc(-c3ccc(Cl)cc3)c(-c3ccc(CO)cc3)o2)CC1. The van der Waals surface area contributed by atoms with Crippen LogP contribution in [0.15, 0.2) is 52.9 Å². The summed E-state index contributed by atoms with van der Waals surface area (Å²) in [6.45, 7) is 3.01. The van der Waals surface area contributed by atoms with E-state index >= 15 is 0 Å². The van der Waals surface area contributed by atoms with Crippen LogP contribution in [0.3, 0.4) is 0 Å². The molecule has 3 aromatic rings. The molecule has 1 saturated heterocycles. The number of carbonyl (C=O) groups is 1. The van der Waals surface area contributed by atoms with E-state index in [0.29, 0.717) is 42.6 Å². The molecule has 32 heavy (non-hydrogen) atoms. The molecule has 0 unspecified atom stereocenters. The molecule has 168 valence electrons. The van der Waals surface area contributed by atoms with Gasteiger partial charge in [0.2, 0.25) is 0 Å². The Balaban J connectivity index is 1.62. The molecule has 7 nitrogen and oxygen atoms in total. The largest absolute Gasteiger partial charge is 0.440 e. The molecule has 2 amide bonds. The minimum Gasteiger partial charge on any atom is -0.440 e. The highest BCUT2D eigenvalue weighted by Crippen LogP contribution is 2.38. The van der Waals surface area contributed by atoms with Gasteiger partial charge in [-0.3, -0.25) is 5.21 Å². The van der Waals surface area contributed by atoms with Crippen molar-refractivity contribution >= 4 is 17.6 Å². The lowest BCUT2D eigenvalue weighted by Gasteiger charge is -2.32. The highest BCUT2D eigenvalue weighted by molar-refractivity contribution is 6.30. The molecule has 8 heteroatoms. The number of benzene rings is 2. The number of aliphatic hydroxyl groups is 1. The maximum atomic E-state index is 12.2. The standard InChI is InChI=1S/C24H26ClN3O4/c1-2-28(31)24(30)27-13-11-19(12-14-27)23-26-21(17-7-9-20(25)10-8-17)22(32-23)18-5-3-16(15-29)4-6-18/h3-10,19,29,31H,2,11-15H2,1H3. The number of halogens is 1. The van der Waals surface area contributed by atoms with Crippen molar-refractivity contribution in [1.82, 2.24) is 14.9 Å². The van der Waals surface area contributed by atoms with Crippen molar-refractivity contribution in [2.24, 2.45) is 0 Å². The molecule has 2 N–H and O–H groups in total. The van der Waals surface area contributed by atoms with Crippen LogP contribution in [0.2, 0.25) is 5.02 Å². The quantitative estimate of drug-likeness (QED) is 0.409. The predicted molar refractivity (Wildman–Crippen MR) is 121 cm³/mol. The Morgan fingerprint density at radius 1 is 1.12 bits per heavy atom.